The van der Waals surface area contributed by atoms with Crippen LogP contribution in [0.25, 0.3) is 0 Å². The number of hydrogen-bond acceptors (Lipinski definition) is 4. The fraction of sp³-hybridized carbons (Fsp3) is 0.429. The first-order chi connectivity index (χ1) is 12.2. The maximum absolute atomic E-state index is 10.2. The first kappa shape index (κ1) is 17.9. The molecular formula is C21H28N2O2. The average molecular weight is 340 g/mol. The van der Waals surface area contributed by atoms with Gasteiger partial charge in [0.2, 0.25) is 0 Å². The average Bonchev–Trinajstić information content (AvgIpc) is 2.86. The van der Waals surface area contributed by atoms with Crippen LogP contribution in [-0.2, 0) is 19.4 Å². The Balaban J connectivity index is 1.49. The molecule has 0 spiro atoms. The first-order valence-electron chi connectivity index (χ1n) is 9.14. The van der Waals surface area contributed by atoms with Crippen molar-refractivity contribution >= 4 is 0 Å². The van der Waals surface area contributed by atoms with Crippen LogP contribution >= 0.6 is 0 Å². The Morgan fingerprint density at radius 1 is 1.16 bits per heavy atom. The summed E-state index contributed by atoms with van der Waals surface area (Å²) in [7, 11) is 0. The summed E-state index contributed by atoms with van der Waals surface area (Å²) >= 11 is 0. The van der Waals surface area contributed by atoms with Crippen LogP contribution in [0.15, 0.2) is 48.5 Å². The van der Waals surface area contributed by atoms with Gasteiger partial charge in [-0.2, -0.15) is 0 Å². The van der Waals surface area contributed by atoms with E-state index in [-0.39, 0.29) is 0 Å². The van der Waals surface area contributed by atoms with Gasteiger partial charge >= 0.3 is 0 Å². The highest BCUT2D eigenvalue weighted by molar-refractivity contribution is 5.33. The standard InChI is InChI=1S/C21H28N2O2/c22-13-16-9-10-17-5-4-6-19(12-18(17)11-16)23-14-20(24)15-25-21-7-2-1-3-8-21/h1-3,7-11,19-20,23-24H,4-6,12-15,22H2/t19?,20-/m0/s1. The molecule has 0 fully saturated rings. The molecule has 4 nitrogen and oxygen atoms in total. The summed E-state index contributed by atoms with van der Waals surface area (Å²) in [4.78, 5) is 0. The summed E-state index contributed by atoms with van der Waals surface area (Å²) in [6.45, 7) is 1.43. The Morgan fingerprint density at radius 2 is 2.00 bits per heavy atom. The third kappa shape index (κ3) is 5.30. The molecule has 2 atom stereocenters. The molecule has 2 aromatic rings. The van der Waals surface area contributed by atoms with Gasteiger partial charge in [-0.3, -0.25) is 0 Å². The fourth-order valence-electron chi connectivity index (χ4n) is 3.39. The minimum absolute atomic E-state index is 0.303. The smallest absolute Gasteiger partial charge is 0.119 e. The number of fused-ring (bicyclic) bond motifs is 1. The SMILES string of the molecule is NCc1ccc2c(c1)CC(NC[C@H](O)COc1ccccc1)CCC2. The van der Waals surface area contributed by atoms with Crippen molar-refractivity contribution in [2.75, 3.05) is 13.2 Å². The lowest BCUT2D eigenvalue weighted by Gasteiger charge is -2.20. The van der Waals surface area contributed by atoms with Gasteiger partial charge in [-0.25, -0.2) is 0 Å². The van der Waals surface area contributed by atoms with Crippen LogP contribution in [-0.4, -0.2) is 30.4 Å². The van der Waals surface area contributed by atoms with Crippen LogP contribution in [0.3, 0.4) is 0 Å². The molecule has 0 saturated heterocycles. The van der Waals surface area contributed by atoms with E-state index in [0.717, 1.165) is 25.0 Å². The molecule has 0 saturated carbocycles. The Bertz CT molecular complexity index is 660. The summed E-state index contributed by atoms with van der Waals surface area (Å²) < 4.78 is 5.62. The van der Waals surface area contributed by atoms with Gasteiger partial charge in [-0.1, -0.05) is 36.4 Å². The lowest BCUT2D eigenvalue weighted by atomic mass is 9.99. The monoisotopic (exact) mass is 340 g/mol. The summed E-state index contributed by atoms with van der Waals surface area (Å²) in [6, 6.07) is 16.6. The van der Waals surface area contributed by atoms with Gasteiger partial charge < -0.3 is 20.9 Å². The van der Waals surface area contributed by atoms with Crippen LogP contribution in [0, 0.1) is 0 Å². The molecule has 0 aromatic heterocycles. The van der Waals surface area contributed by atoms with Crippen molar-refractivity contribution in [2.24, 2.45) is 5.73 Å². The zero-order valence-corrected chi connectivity index (χ0v) is 14.7. The van der Waals surface area contributed by atoms with E-state index in [2.05, 4.69) is 23.5 Å². The summed E-state index contributed by atoms with van der Waals surface area (Å²) in [5, 5.41) is 13.7. The molecule has 3 rings (SSSR count). The number of nitrogens with two attached hydrogens (primary N) is 1. The molecule has 0 aliphatic heterocycles. The van der Waals surface area contributed by atoms with Crippen LogP contribution in [0.4, 0.5) is 0 Å². The zero-order chi connectivity index (χ0) is 17.5. The Labute approximate surface area is 150 Å². The van der Waals surface area contributed by atoms with Crippen LogP contribution in [0.1, 0.15) is 29.5 Å². The van der Waals surface area contributed by atoms with Crippen LogP contribution in [0.5, 0.6) is 5.75 Å². The summed E-state index contributed by atoms with van der Waals surface area (Å²) in [5.41, 5.74) is 9.80. The highest BCUT2D eigenvalue weighted by Crippen LogP contribution is 2.22. The molecule has 1 aliphatic carbocycles. The van der Waals surface area contributed by atoms with Crippen LogP contribution in [0.2, 0.25) is 0 Å². The largest absolute Gasteiger partial charge is 0.491 e. The zero-order valence-electron chi connectivity index (χ0n) is 14.7. The third-order valence-electron chi connectivity index (χ3n) is 4.80. The number of nitrogens with one attached hydrogen (secondary N) is 1. The van der Waals surface area contributed by atoms with Crippen molar-refractivity contribution in [1.82, 2.24) is 5.32 Å². The third-order valence-corrected chi connectivity index (χ3v) is 4.80. The van der Waals surface area contributed by atoms with Crippen molar-refractivity contribution in [3.05, 3.63) is 65.2 Å². The molecule has 2 aromatic carbocycles. The second-order valence-corrected chi connectivity index (χ2v) is 6.79. The summed E-state index contributed by atoms with van der Waals surface area (Å²) in [6.07, 6.45) is 3.90. The van der Waals surface area contributed by atoms with E-state index in [9.17, 15) is 5.11 Å². The number of aliphatic hydroxyl groups excluding tert-OH is 1. The van der Waals surface area contributed by atoms with Gasteiger partial charge in [0.25, 0.3) is 0 Å². The lowest BCUT2D eigenvalue weighted by Crippen LogP contribution is -2.39. The van der Waals surface area contributed by atoms with Crippen molar-refractivity contribution in [1.29, 1.82) is 0 Å². The van der Waals surface area contributed by atoms with E-state index in [0.29, 0.717) is 25.7 Å². The number of ether oxygens (including phenoxy) is 1. The topological polar surface area (TPSA) is 67.5 Å². The number of hydrogen-bond donors (Lipinski definition) is 3. The molecule has 0 heterocycles. The number of rotatable bonds is 7. The van der Waals surface area contributed by atoms with Gasteiger partial charge in [0.15, 0.2) is 0 Å². The molecule has 25 heavy (non-hydrogen) atoms. The van der Waals surface area contributed by atoms with E-state index in [1.54, 1.807) is 0 Å². The fourth-order valence-corrected chi connectivity index (χ4v) is 3.39. The highest BCUT2D eigenvalue weighted by Gasteiger charge is 2.18. The predicted octanol–water partition coefficient (Wildman–Crippen LogP) is 2.42. The number of benzene rings is 2. The highest BCUT2D eigenvalue weighted by atomic mass is 16.5. The van der Waals surface area contributed by atoms with E-state index in [1.165, 1.54) is 23.1 Å². The maximum atomic E-state index is 10.2. The molecule has 4 heteroatoms. The Morgan fingerprint density at radius 3 is 2.80 bits per heavy atom. The van der Waals surface area contributed by atoms with Crippen molar-refractivity contribution < 1.29 is 9.84 Å². The predicted molar refractivity (Wildman–Crippen MR) is 101 cm³/mol. The molecular weight excluding hydrogens is 312 g/mol. The minimum atomic E-state index is -0.515. The Kier molecular flexibility index (Phi) is 6.45. The van der Waals surface area contributed by atoms with Gasteiger partial charge in [-0.05, 0) is 54.5 Å². The van der Waals surface area contributed by atoms with Crippen molar-refractivity contribution in [2.45, 2.75) is 44.4 Å². The van der Waals surface area contributed by atoms with Gasteiger partial charge in [0.05, 0.1) is 0 Å². The van der Waals surface area contributed by atoms with Crippen molar-refractivity contribution in [3.8, 4) is 5.75 Å². The second kappa shape index (κ2) is 8.99. The van der Waals surface area contributed by atoms with Crippen LogP contribution < -0.4 is 15.8 Å². The van der Waals surface area contributed by atoms with E-state index < -0.39 is 6.10 Å². The summed E-state index contributed by atoms with van der Waals surface area (Å²) in [5.74, 6) is 0.791. The molecule has 0 amide bonds. The number of para-hydroxylation sites is 1. The quantitative estimate of drug-likeness (QED) is 0.677. The van der Waals surface area contributed by atoms with E-state index >= 15 is 0 Å². The van der Waals surface area contributed by atoms with E-state index in [4.69, 9.17) is 10.5 Å². The molecule has 134 valence electrons. The number of aryl methyl sites for hydroxylation is 1. The number of aliphatic hydroxyl groups is 1. The first-order valence-corrected chi connectivity index (χ1v) is 9.14. The van der Waals surface area contributed by atoms with Crippen molar-refractivity contribution in [3.63, 3.8) is 0 Å². The molecule has 1 aliphatic rings. The lowest BCUT2D eigenvalue weighted by molar-refractivity contribution is 0.103. The minimum Gasteiger partial charge on any atom is -0.491 e. The molecule has 0 radical (unpaired) electrons. The molecule has 1 unspecified atom stereocenters. The van der Waals surface area contributed by atoms with Gasteiger partial charge in [0, 0.05) is 19.1 Å². The molecule has 0 bridgehead atoms. The second-order valence-electron chi connectivity index (χ2n) is 6.79. The Hall–Kier alpha value is -1.88. The van der Waals surface area contributed by atoms with Gasteiger partial charge in [0.1, 0.15) is 18.5 Å². The maximum Gasteiger partial charge on any atom is 0.119 e. The van der Waals surface area contributed by atoms with Gasteiger partial charge in [-0.15, -0.1) is 0 Å². The molecule has 4 N–H and O–H groups in total. The van der Waals surface area contributed by atoms with E-state index in [1.807, 2.05) is 30.3 Å². The normalized spacial score (nSPS) is 18.2.